The van der Waals surface area contributed by atoms with Gasteiger partial charge in [-0.25, -0.2) is 0 Å². The van der Waals surface area contributed by atoms with E-state index in [1.807, 2.05) is 0 Å². The Morgan fingerprint density at radius 1 is 1.20 bits per heavy atom. The maximum atomic E-state index is 12.8. The van der Waals surface area contributed by atoms with Gasteiger partial charge in [-0.15, -0.1) is 0 Å². The van der Waals surface area contributed by atoms with Gasteiger partial charge in [-0.2, -0.15) is 13.2 Å². The Labute approximate surface area is 147 Å². The number of nitrogens with zero attached hydrogens (tertiary/aromatic N) is 2. The number of likely N-dealkylation sites (N-methyl/N-ethyl adjacent to an activating group) is 1. The molecule has 0 saturated heterocycles. The van der Waals surface area contributed by atoms with Crippen LogP contribution >= 0.6 is 11.6 Å². The zero-order chi connectivity index (χ0) is 18.8. The summed E-state index contributed by atoms with van der Waals surface area (Å²) in [6.07, 6.45) is -4.65. The third-order valence-corrected chi connectivity index (χ3v) is 3.61. The summed E-state index contributed by atoms with van der Waals surface area (Å²) >= 11 is 6.01. The van der Waals surface area contributed by atoms with E-state index in [9.17, 15) is 22.8 Å². The molecule has 2 rings (SSSR count). The van der Waals surface area contributed by atoms with E-state index in [1.165, 1.54) is 26.2 Å². The molecule has 138 valence electrons. The van der Waals surface area contributed by atoms with Crippen molar-refractivity contribution in [3.05, 3.63) is 22.7 Å². The lowest BCUT2D eigenvalue weighted by molar-refractivity contribution is -0.146. The summed E-state index contributed by atoms with van der Waals surface area (Å²) in [5.41, 5.74) is -0.120. The lowest BCUT2D eigenvalue weighted by Gasteiger charge is -2.26. The Morgan fingerprint density at radius 2 is 1.84 bits per heavy atom. The zero-order valence-electron chi connectivity index (χ0n) is 13.5. The number of ether oxygens (including phenoxy) is 2. The monoisotopic (exact) mass is 380 g/mol. The first kappa shape index (κ1) is 19.2. The molecule has 0 fully saturated rings. The molecule has 0 radical (unpaired) electrons. The van der Waals surface area contributed by atoms with Crippen LogP contribution in [0.15, 0.2) is 12.1 Å². The first-order valence-electron chi connectivity index (χ1n) is 7.24. The van der Waals surface area contributed by atoms with Crippen LogP contribution in [0.2, 0.25) is 5.02 Å². The lowest BCUT2D eigenvalue weighted by Crippen LogP contribution is -2.44. The van der Waals surface area contributed by atoms with Gasteiger partial charge < -0.3 is 19.3 Å². The molecule has 0 aromatic heterocycles. The third-order valence-electron chi connectivity index (χ3n) is 3.33. The summed E-state index contributed by atoms with van der Waals surface area (Å²) in [6, 6.07) is 2.45. The number of carbonyl (C=O) groups excluding carboxylic acids is 2. The maximum absolute atomic E-state index is 12.8. The summed E-state index contributed by atoms with van der Waals surface area (Å²) in [5, 5.41) is 0.0476. The van der Waals surface area contributed by atoms with Gasteiger partial charge in [0, 0.05) is 19.7 Å². The van der Waals surface area contributed by atoms with Crippen LogP contribution in [-0.4, -0.2) is 68.2 Å². The van der Waals surface area contributed by atoms with Crippen molar-refractivity contribution < 1.29 is 32.2 Å². The van der Waals surface area contributed by atoms with Gasteiger partial charge in [0.15, 0.2) is 11.5 Å². The standard InChI is InChI=1S/C15H16ClF3N2O4/c1-20(2)12(22)7-21(8-15(17,18)19)14(23)9-5-10(16)13-11(6-9)24-3-4-25-13/h5-6H,3-4,7-8H2,1-2H3. The Kier molecular flexibility index (Phi) is 5.66. The van der Waals surface area contributed by atoms with Crippen LogP contribution in [0.3, 0.4) is 0 Å². The first-order chi connectivity index (χ1) is 11.6. The van der Waals surface area contributed by atoms with Gasteiger partial charge in [0.2, 0.25) is 5.91 Å². The number of hydrogen-bond acceptors (Lipinski definition) is 4. The topological polar surface area (TPSA) is 59.1 Å². The predicted molar refractivity (Wildman–Crippen MR) is 83.1 cm³/mol. The second-order valence-corrected chi connectivity index (χ2v) is 5.95. The number of hydrogen-bond donors (Lipinski definition) is 0. The van der Waals surface area contributed by atoms with Crippen molar-refractivity contribution in [3.8, 4) is 11.5 Å². The van der Waals surface area contributed by atoms with Crippen molar-refractivity contribution in [2.24, 2.45) is 0 Å². The molecule has 1 heterocycles. The van der Waals surface area contributed by atoms with Crippen LogP contribution in [0.1, 0.15) is 10.4 Å². The average molecular weight is 381 g/mol. The van der Waals surface area contributed by atoms with Gasteiger partial charge in [-0.05, 0) is 12.1 Å². The molecule has 1 aliphatic heterocycles. The quantitative estimate of drug-likeness (QED) is 0.803. The van der Waals surface area contributed by atoms with Crippen LogP contribution < -0.4 is 9.47 Å². The number of rotatable bonds is 4. The minimum atomic E-state index is -4.65. The zero-order valence-corrected chi connectivity index (χ0v) is 14.3. The minimum absolute atomic E-state index is 0.0476. The van der Waals surface area contributed by atoms with Gasteiger partial charge in [-0.3, -0.25) is 9.59 Å². The largest absolute Gasteiger partial charge is 0.486 e. The Bertz CT molecular complexity index is 679. The summed E-state index contributed by atoms with van der Waals surface area (Å²) < 4.78 is 49.0. The number of halogens is 4. The van der Waals surface area contributed by atoms with Crippen molar-refractivity contribution in [1.82, 2.24) is 9.80 Å². The van der Waals surface area contributed by atoms with E-state index in [1.54, 1.807) is 0 Å². The van der Waals surface area contributed by atoms with E-state index in [0.717, 1.165) is 4.90 Å². The molecule has 1 aromatic carbocycles. The molecule has 25 heavy (non-hydrogen) atoms. The van der Waals surface area contributed by atoms with E-state index in [-0.39, 0.29) is 35.3 Å². The van der Waals surface area contributed by atoms with E-state index in [2.05, 4.69) is 0 Å². The number of fused-ring (bicyclic) bond motifs is 1. The fraction of sp³-hybridized carbons (Fsp3) is 0.467. The molecule has 0 atom stereocenters. The summed E-state index contributed by atoms with van der Waals surface area (Å²) in [5.74, 6) is -1.21. The van der Waals surface area contributed by atoms with Gasteiger partial charge in [-0.1, -0.05) is 11.6 Å². The fourth-order valence-electron chi connectivity index (χ4n) is 2.14. The summed E-state index contributed by atoms with van der Waals surface area (Å²) in [4.78, 5) is 25.8. The van der Waals surface area contributed by atoms with Crippen LogP contribution in [0.5, 0.6) is 11.5 Å². The first-order valence-corrected chi connectivity index (χ1v) is 7.61. The van der Waals surface area contributed by atoms with Gasteiger partial charge in [0.05, 0.1) is 5.02 Å². The minimum Gasteiger partial charge on any atom is -0.486 e. The number of carbonyl (C=O) groups is 2. The van der Waals surface area contributed by atoms with Crippen molar-refractivity contribution in [2.45, 2.75) is 6.18 Å². The lowest BCUT2D eigenvalue weighted by atomic mass is 10.1. The molecular weight excluding hydrogens is 365 g/mol. The highest BCUT2D eigenvalue weighted by molar-refractivity contribution is 6.32. The van der Waals surface area contributed by atoms with Gasteiger partial charge in [0.25, 0.3) is 5.91 Å². The van der Waals surface area contributed by atoms with E-state index in [0.29, 0.717) is 4.90 Å². The Balaban J connectivity index is 2.32. The van der Waals surface area contributed by atoms with Crippen molar-refractivity contribution >= 4 is 23.4 Å². The molecule has 1 aromatic rings. The highest BCUT2D eigenvalue weighted by Crippen LogP contribution is 2.38. The van der Waals surface area contributed by atoms with Crippen LogP contribution in [0, 0.1) is 0 Å². The maximum Gasteiger partial charge on any atom is 0.406 e. The molecule has 0 N–H and O–H groups in total. The van der Waals surface area contributed by atoms with Gasteiger partial charge >= 0.3 is 6.18 Å². The number of benzene rings is 1. The van der Waals surface area contributed by atoms with E-state index in [4.69, 9.17) is 21.1 Å². The van der Waals surface area contributed by atoms with Crippen molar-refractivity contribution in [1.29, 1.82) is 0 Å². The number of alkyl halides is 3. The average Bonchev–Trinajstić information content (AvgIpc) is 2.52. The molecule has 1 aliphatic rings. The molecule has 10 heteroatoms. The molecule has 2 amide bonds. The predicted octanol–water partition coefficient (Wildman–Crippen LogP) is 2.20. The molecule has 6 nitrogen and oxygen atoms in total. The highest BCUT2D eigenvalue weighted by Gasteiger charge is 2.35. The second-order valence-electron chi connectivity index (χ2n) is 5.55. The Morgan fingerprint density at radius 3 is 2.44 bits per heavy atom. The fourth-order valence-corrected chi connectivity index (χ4v) is 2.40. The SMILES string of the molecule is CN(C)C(=O)CN(CC(F)(F)F)C(=O)c1cc(Cl)c2c(c1)OCCO2. The molecule has 0 saturated carbocycles. The molecular formula is C15H16ClF3N2O4. The molecule has 0 unspecified atom stereocenters. The second kappa shape index (κ2) is 7.38. The normalized spacial score (nSPS) is 13.4. The molecule has 0 aliphatic carbocycles. The number of amides is 2. The van der Waals surface area contributed by atoms with Crippen LogP contribution in [0.4, 0.5) is 13.2 Å². The van der Waals surface area contributed by atoms with E-state index < -0.39 is 31.1 Å². The molecule has 0 bridgehead atoms. The highest BCUT2D eigenvalue weighted by atomic mass is 35.5. The molecule has 0 spiro atoms. The van der Waals surface area contributed by atoms with Crippen molar-refractivity contribution in [2.75, 3.05) is 40.4 Å². The smallest absolute Gasteiger partial charge is 0.406 e. The van der Waals surface area contributed by atoms with E-state index >= 15 is 0 Å². The van der Waals surface area contributed by atoms with Gasteiger partial charge in [0.1, 0.15) is 26.3 Å². The van der Waals surface area contributed by atoms with Crippen LogP contribution in [-0.2, 0) is 4.79 Å². The summed E-state index contributed by atoms with van der Waals surface area (Å²) in [6.45, 7) is -1.77. The third kappa shape index (κ3) is 4.91. The van der Waals surface area contributed by atoms with Crippen molar-refractivity contribution in [3.63, 3.8) is 0 Å². The van der Waals surface area contributed by atoms with Crippen LogP contribution in [0.25, 0.3) is 0 Å². The Hall–Kier alpha value is -2.16. The summed E-state index contributed by atoms with van der Waals surface area (Å²) in [7, 11) is 2.78.